The Morgan fingerprint density at radius 1 is 1.33 bits per heavy atom. The van der Waals surface area contributed by atoms with Crippen molar-refractivity contribution in [1.29, 1.82) is 0 Å². The van der Waals surface area contributed by atoms with E-state index >= 15 is 0 Å². The second kappa shape index (κ2) is 2.64. The molecule has 61 valence electrons. The maximum atomic E-state index is 11.1. The highest BCUT2D eigenvalue weighted by Crippen LogP contribution is 2.19. The first-order chi connectivity index (χ1) is 5.77. The molecule has 0 aliphatic heterocycles. The van der Waals surface area contributed by atoms with Gasteiger partial charge in [0.1, 0.15) is 6.10 Å². The number of hydrogen-bond acceptors (Lipinski definition) is 0. The molecule has 12 heavy (non-hydrogen) atoms. The SMILES string of the molecule is CC([O])c1cc2ccccc2[nH]1. The lowest BCUT2D eigenvalue weighted by Crippen LogP contribution is -1.86. The third-order valence-electron chi connectivity index (χ3n) is 1.99. The maximum Gasteiger partial charge on any atom is 0.130 e. The number of nitrogens with one attached hydrogen (secondary N) is 1. The molecule has 1 radical (unpaired) electrons. The predicted octanol–water partition coefficient (Wildman–Crippen LogP) is 2.66. The minimum atomic E-state index is -0.669. The summed E-state index contributed by atoms with van der Waals surface area (Å²) in [5, 5.41) is 12.2. The van der Waals surface area contributed by atoms with Crippen molar-refractivity contribution in [2.45, 2.75) is 13.0 Å². The summed E-state index contributed by atoms with van der Waals surface area (Å²) < 4.78 is 0. The van der Waals surface area contributed by atoms with Gasteiger partial charge in [-0.05, 0) is 24.4 Å². The molecule has 0 fully saturated rings. The lowest BCUT2D eigenvalue weighted by molar-refractivity contribution is 0.103. The summed E-state index contributed by atoms with van der Waals surface area (Å²) in [4.78, 5) is 3.08. The van der Waals surface area contributed by atoms with Crippen LogP contribution in [-0.2, 0) is 5.11 Å². The highest BCUT2D eigenvalue weighted by atomic mass is 16.3. The van der Waals surface area contributed by atoms with Crippen LogP contribution in [-0.4, -0.2) is 4.98 Å². The van der Waals surface area contributed by atoms with E-state index in [-0.39, 0.29) is 0 Å². The lowest BCUT2D eigenvalue weighted by Gasteiger charge is -1.93. The highest BCUT2D eigenvalue weighted by Gasteiger charge is 2.05. The van der Waals surface area contributed by atoms with Gasteiger partial charge in [-0.1, -0.05) is 18.2 Å². The molecule has 0 saturated heterocycles. The fourth-order valence-corrected chi connectivity index (χ4v) is 1.31. The summed E-state index contributed by atoms with van der Waals surface area (Å²) in [7, 11) is 0. The van der Waals surface area contributed by atoms with E-state index in [2.05, 4.69) is 4.98 Å². The van der Waals surface area contributed by atoms with E-state index in [1.54, 1.807) is 6.92 Å². The van der Waals surface area contributed by atoms with Crippen LogP contribution in [0, 0.1) is 0 Å². The van der Waals surface area contributed by atoms with Crippen molar-refractivity contribution in [2.75, 3.05) is 0 Å². The van der Waals surface area contributed by atoms with E-state index in [9.17, 15) is 5.11 Å². The predicted molar refractivity (Wildman–Crippen MR) is 47.4 cm³/mol. The number of benzene rings is 1. The number of aromatic amines is 1. The molecule has 1 aromatic heterocycles. The van der Waals surface area contributed by atoms with Gasteiger partial charge in [-0.15, -0.1) is 0 Å². The first kappa shape index (κ1) is 7.37. The fraction of sp³-hybridized carbons (Fsp3) is 0.200. The zero-order chi connectivity index (χ0) is 8.55. The topological polar surface area (TPSA) is 35.7 Å². The summed E-state index contributed by atoms with van der Waals surface area (Å²) in [5.74, 6) is 0. The molecule has 1 unspecified atom stereocenters. The Labute approximate surface area is 70.8 Å². The van der Waals surface area contributed by atoms with Crippen LogP contribution >= 0.6 is 0 Å². The first-order valence-corrected chi connectivity index (χ1v) is 4.01. The molecule has 0 spiro atoms. The second-order valence-corrected chi connectivity index (χ2v) is 2.95. The molecule has 2 heteroatoms. The number of hydrogen-bond donors (Lipinski definition) is 1. The van der Waals surface area contributed by atoms with Gasteiger partial charge in [-0.25, -0.2) is 5.11 Å². The molecule has 1 N–H and O–H groups in total. The quantitative estimate of drug-likeness (QED) is 0.665. The van der Waals surface area contributed by atoms with E-state index in [1.807, 2.05) is 30.3 Å². The molecule has 0 amide bonds. The molecule has 0 aliphatic rings. The molecular weight excluding hydrogens is 150 g/mol. The van der Waals surface area contributed by atoms with Crippen LogP contribution in [0.2, 0.25) is 0 Å². The van der Waals surface area contributed by atoms with Gasteiger partial charge in [-0.2, -0.15) is 0 Å². The van der Waals surface area contributed by atoms with Crippen LogP contribution in [0.3, 0.4) is 0 Å². The van der Waals surface area contributed by atoms with Gasteiger partial charge in [0.05, 0.1) is 0 Å². The second-order valence-electron chi connectivity index (χ2n) is 2.95. The van der Waals surface area contributed by atoms with E-state index < -0.39 is 6.10 Å². The minimum Gasteiger partial charge on any atom is -0.356 e. The number of rotatable bonds is 1. The third-order valence-corrected chi connectivity index (χ3v) is 1.99. The van der Waals surface area contributed by atoms with Crippen molar-refractivity contribution in [3.8, 4) is 0 Å². The monoisotopic (exact) mass is 160 g/mol. The molecule has 0 aliphatic carbocycles. The molecular formula is C10H10NO. The number of fused-ring (bicyclic) bond motifs is 1. The molecule has 2 aromatic rings. The Balaban J connectivity index is 2.62. The molecule has 1 atom stereocenters. The first-order valence-electron chi connectivity index (χ1n) is 4.01. The van der Waals surface area contributed by atoms with E-state index in [0.29, 0.717) is 0 Å². The number of para-hydroxylation sites is 1. The average Bonchev–Trinajstić information content (AvgIpc) is 2.46. The zero-order valence-electron chi connectivity index (χ0n) is 6.87. The number of H-pyrrole nitrogens is 1. The Morgan fingerprint density at radius 2 is 2.08 bits per heavy atom. The largest absolute Gasteiger partial charge is 0.356 e. The molecule has 1 aromatic carbocycles. The van der Waals surface area contributed by atoms with Crippen molar-refractivity contribution < 1.29 is 5.11 Å². The summed E-state index contributed by atoms with van der Waals surface area (Å²) >= 11 is 0. The Hall–Kier alpha value is -1.28. The molecule has 0 bridgehead atoms. The van der Waals surface area contributed by atoms with Gasteiger partial charge in [0.25, 0.3) is 0 Å². The van der Waals surface area contributed by atoms with Gasteiger partial charge in [-0.3, -0.25) is 0 Å². The van der Waals surface area contributed by atoms with E-state index in [1.165, 1.54) is 0 Å². The van der Waals surface area contributed by atoms with Crippen molar-refractivity contribution in [3.05, 3.63) is 36.0 Å². The van der Waals surface area contributed by atoms with Crippen molar-refractivity contribution in [2.24, 2.45) is 0 Å². The van der Waals surface area contributed by atoms with Crippen LogP contribution < -0.4 is 0 Å². The summed E-state index contributed by atoms with van der Waals surface area (Å²) in [6, 6.07) is 9.80. The van der Waals surface area contributed by atoms with Gasteiger partial charge < -0.3 is 4.98 Å². The smallest absolute Gasteiger partial charge is 0.130 e. The molecule has 0 saturated carbocycles. The van der Waals surface area contributed by atoms with Crippen molar-refractivity contribution >= 4 is 10.9 Å². The normalized spacial score (nSPS) is 13.5. The number of aromatic nitrogens is 1. The van der Waals surface area contributed by atoms with Crippen LogP contribution in [0.15, 0.2) is 30.3 Å². The van der Waals surface area contributed by atoms with Crippen LogP contribution in [0.25, 0.3) is 10.9 Å². The van der Waals surface area contributed by atoms with Gasteiger partial charge in [0.15, 0.2) is 0 Å². The molecule has 2 nitrogen and oxygen atoms in total. The Bertz CT molecular complexity index is 356. The van der Waals surface area contributed by atoms with Crippen molar-refractivity contribution in [3.63, 3.8) is 0 Å². The van der Waals surface area contributed by atoms with E-state index in [4.69, 9.17) is 0 Å². The third kappa shape index (κ3) is 1.10. The maximum absolute atomic E-state index is 11.1. The van der Waals surface area contributed by atoms with Crippen molar-refractivity contribution in [1.82, 2.24) is 4.98 Å². The van der Waals surface area contributed by atoms with Gasteiger partial charge >= 0.3 is 0 Å². The van der Waals surface area contributed by atoms with E-state index in [0.717, 1.165) is 16.6 Å². The minimum absolute atomic E-state index is 0.669. The molecule has 1 heterocycles. The van der Waals surface area contributed by atoms with Crippen LogP contribution in [0.5, 0.6) is 0 Å². The highest BCUT2D eigenvalue weighted by molar-refractivity contribution is 5.80. The van der Waals surface area contributed by atoms with Crippen LogP contribution in [0.4, 0.5) is 0 Å². The Morgan fingerprint density at radius 3 is 2.75 bits per heavy atom. The van der Waals surface area contributed by atoms with Gasteiger partial charge in [0, 0.05) is 11.2 Å². The van der Waals surface area contributed by atoms with Gasteiger partial charge in [0.2, 0.25) is 0 Å². The Kier molecular flexibility index (Phi) is 1.62. The lowest BCUT2D eigenvalue weighted by atomic mass is 10.2. The zero-order valence-corrected chi connectivity index (χ0v) is 6.87. The summed E-state index contributed by atoms with van der Waals surface area (Å²) in [6.45, 7) is 1.64. The molecule has 2 rings (SSSR count). The summed E-state index contributed by atoms with van der Waals surface area (Å²) in [5.41, 5.74) is 1.80. The standard InChI is InChI=1S/C10H10NO/c1-7(12)10-6-8-4-2-3-5-9(8)11-10/h2-7,11H,1H3. The average molecular weight is 160 g/mol. The summed E-state index contributed by atoms with van der Waals surface area (Å²) in [6.07, 6.45) is -0.669. The van der Waals surface area contributed by atoms with Crippen LogP contribution in [0.1, 0.15) is 18.7 Å². The fourth-order valence-electron chi connectivity index (χ4n) is 1.31.